The average molecular weight is 729 g/mol. The van der Waals surface area contributed by atoms with Gasteiger partial charge in [-0.3, -0.25) is 10.1 Å². The monoisotopic (exact) mass is 728 g/mol. The number of sulfonamides is 1. The Morgan fingerprint density at radius 1 is 0.959 bits per heavy atom. The number of amides is 1. The first kappa shape index (κ1) is 37.6. The standard InChI is InChI=1S/C34H40N4O8S3/c1-24-12-18-28(19-13-24)48(42,43)36-21-29(35-23-36)25(22-47-27-16-14-26(15-17-27)33(2,3)4)20-37(32(39)46-34(5,6)7)49(44,45)31-11-9-8-10-30(31)38(40)41/h8-19,21,23,25H,20,22H2,1-7H3. The van der Waals surface area contributed by atoms with Crippen LogP contribution in [0.4, 0.5) is 10.5 Å². The van der Waals surface area contributed by atoms with Crippen LogP contribution in [0.2, 0.25) is 0 Å². The molecule has 0 fully saturated rings. The molecule has 1 atom stereocenters. The van der Waals surface area contributed by atoms with E-state index in [4.69, 9.17) is 4.74 Å². The van der Waals surface area contributed by atoms with Gasteiger partial charge in [0.1, 0.15) is 11.9 Å². The smallest absolute Gasteiger partial charge is 0.424 e. The van der Waals surface area contributed by atoms with E-state index in [-0.39, 0.29) is 21.8 Å². The maximum atomic E-state index is 14.1. The fourth-order valence-electron chi connectivity index (χ4n) is 4.70. The van der Waals surface area contributed by atoms with E-state index in [1.165, 1.54) is 42.2 Å². The highest BCUT2D eigenvalue weighted by Crippen LogP contribution is 2.33. The molecule has 0 spiro atoms. The van der Waals surface area contributed by atoms with Crippen LogP contribution < -0.4 is 0 Å². The third-order valence-electron chi connectivity index (χ3n) is 7.38. The predicted octanol–water partition coefficient (Wildman–Crippen LogP) is 7.14. The van der Waals surface area contributed by atoms with E-state index in [1.54, 1.807) is 32.9 Å². The average Bonchev–Trinajstić information content (AvgIpc) is 3.51. The van der Waals surface area contributed by atoms with Crippen molar-refractivity contribution >= 4 is 43.6 Å². The molecule has 0 saturated carbocycles. The summed E-state index contributed by atoms with van der Waals surface area (Å²) in [6, 6.07) is 18.9. The molecule has 1 heterocycles. The van der Waals surface area contributed by atoms with Crippen LogP contribution in [0.15, 0.2) is 100 Å². The third kappa shape index (κ3) is 9.08. The number of carbonyl (C=O) groups excluding carboxylic acids is 1. The Morgan fingerprint density at radius 2 is 1.57 bits per heavy atom. The number of aromatic nitrogens is 2. The van der Waals surface area contributed by atoms with Gasteiger partial charge in [-0.25, -0.2) is 30.6 Å². The quantitative estimate of drug-likeness (QED) is 0.0883. The largest absolute Gasteiger partial charge is 0.443 e. The van der Waals surface area contributed by atoms with Gasteiger partial charge < -0.3 is 4.74 Å². The maximum absolute atomic E-state index is 14.1. The molecule has 0 N–H and O–H groups in total. The number of imidazole rings is 1. The van der Waals surface area contributed by atoms with Crippen LogP contribution in [-0.2, 0) is 30.2 Å². The Balaban J connectivity index is 1.80. The van der Waals surface area contributed by atoms with E-state index in [2.05, 4.69) is 25.8 Å². The van der Waals surface area contributed by atoms with Crippen molar-refractivity contribution < 1.29 is 31.3 Å². The van der Waals surface area contributed by atoms with Gasteiger partial charge >= 0.3 is 6.09 Å². The highest BCUT2D eigenvalue weighted by atomic mass is 32.2. The highest BCUT2D eigenvalue weighted by Gasteiger charge is 2.39. The number of hydrogen-bond donors (Lipinski definition) is 0. The highest BCUT2D eigenvalue weighted by molar-refractivity contribution is 7.99. The summed E-state index contributed by atoms with van der Waals surface area (Å²) in [4.78, 5) is 29.2. The molecule has 1 amide bonds. The number of nitro benzene ring substituents is 1. The summed E-state index contributed by atoms with van der Waals surface area (Å²) in [5.74, 6) is -0.728. The second kappa shape index (κ2) is 14.3. The van der Waals surface area contributed by atoms with Gasteiger partial charge in [0, 0.05) is 35.4 Å². The molecule has 0 aliphatic carbocycles. The minimum absolute atomic E-state index is 0.0289. The van der Waals surface area contributed by atoms with Crippen molar-refractivity contribution in [3.63, 3.8) is 0 Å². The van der Waals surface area contributed by atoms with Crippen LogP contribution in [0.1, 0.15) is 64.3 Å². The first-order chi connectivity index (χ1) is 22.7. The molecule has 0 radical (unpaired) electrons. The Morgan fingerprint density at radius 3 is 2.14 bits per heavy atom. The van der Waals surface area contributed by atoms with Crippen molar-refractivity contribution in [2.24, 2.45) is 0 Å². The Bertz CT molecular complexity index is 2030. The summed E-state index contributed by atoms with van der Waals surface area (Å²) >= 11 is 1.36. The van der Waals surface area contributed by atoms with Gasteiger partial charge in [0.05, 0.1) is 15.5 Å². The summed E-state index contributed by atoms with van der Waals surface area (Å²) in [6.45, 7) is 12.2. The van der Waals surface area contributed by atoms with Crippen molar-refractivity contribution in [3.05, 3.63) is 112 Å². The van der Waals surface area contributed by atoms with Crippen molar-refractivity contribution in [1.29, 1.82) is 0 Å². The molecular weight excluding hydrogens is 689 g/mol. The topological polar surface area (TPSA) is 159 Å². The SMILES string of the molecule is Cc1ccc(S(=O)(=O)n2cnc(C(CSc3ccc(C(C)(C)C)cc3)CN(C(=O)OC(C)(C)C)S(=O)(=O)c3ccccc3[N+](=O)[O-])c2)cc1. The zero-order valence-corrected chi connectivity index (χ0v) is 30.8. The minimum atomic E-state index is -4.87. The molecule has 0 aliphatic heterocycles. The lowest BCUT2D eigenvalue weighted by atomic mass is 9.87. The Labute approximate surface area is 291 Å². The first-order valence-electron chi connectivity index (χ1n) is 15.3. The van der Waals surface area contributed by atoms with Crippen LogP contribution in [-0.4, -0.2) is 59.0 Å². The van der Waals surface area contributed by atoms with Gasteiger partial charge in [-0.1, -0.05) is 62.7 Å². The lowest BCUT2D eigenvalue weighted by Gasteiger charge is -2.29. The van der Waals surface area contributed by atoms with E-state index < -0.39 is 59.7 Å². The summed E-state index contributed by atoms with van der Waals surface area (Å²) in [7, 11) is -8.93. The number of nitro groups is 1. The molecular formula is C34H40N4O8S3. The zero-order valence-electron chi connectivity index (χ0n) is 28.4. The van der Waals surface area contributed by atoms with E-state index in [0.29, 0.717) is 4.31 Å². The third-order valence-corrected chi connectivity index (χ3v) is 12.0. The molecule has 4 rings (SSSR count). The zero-order chi connectivity index (χ0) is 36.4. The van der Waals surface area contributed by atoms with Crippen LogP contribution in [0.5, 0.6) is 0 Å². The van der Waals surface area contributed by atoms with Crippen LogP contribution in [0.25, 0.3) is 0 Å². The summed E-state index contributed by atoms with van der Waals surface area (Å²) in [6.07, 6.45) is 1.16. The number of nitrogens with zero attached hydrogens (tertiary/aromatic N) is 4. The van der Waals surface area contributed by atoms with Crippen LogP contribution in [0.3, 0.4) is 0 Å². The Hall–Kier alpha value is -4.21. The lowest BCUT2D eigenvalue weighted by molar-refractivity contribution is -0.387. The number of benzene rings is 3. The minimum Gasteiger partial charge on any atom is -0.443 e. The number of hydrogen-bond acceptors (Lipinski definition) is 10. The Kier molecular flexibility index (Phi) is 11.0. The van der Waals surface area contributed by atoms with Crippen molar-refractivity contribution in [2.45, 2.75) is 80.1 Å². The summed E-state index contributed by atoms with van der Waals surface area (Å²) in [5.41, 5.74) is 0.260. The van der Waals surface area contributed by atoms with Gasteiger partial charge in [-0.05, 0) is 69.0 Å². The normalized spacial score (nSPS) is 13.1. The van der Waals surface area contributed by atoms with Crippen molar-refractivity contribution in [1.82, 2.24) is 13.3 Å². The first-order valence-corrected chi connectivity index (χ1v) is 19.2. The predicted molar refractivity (Wildman–Crippen MR) is 188 cm³/mol. The molecule has 262 valence electrons. The summed E-state index contributed by atoms with van der Waals surface area (Å²) in [5, 5.41) is 11.8. The van der Waals surface area contributed by atoms with Gasteiger partial charge in [0.2, 0.25) is 0 Å². The van der Waals surface area contributed by atoms with Gasteiger partial charge in [0.25, 0.3) is 25.7 Å². The lowest BCUT2D eigenvalue weighted by Crippen LogP contribution is -2.43. The van der Waals surface area contributed by atoms with Crippen LogP contribution >= 0.6 is 11.8 Å². The van der Waals surface area contributed by atoms with Crippen molar-refractivity contribution in [3.8, 4) is 0 Å². The van der Waals surface area contributed by atoms with E-state index >= 15 is 0 Å². The van der Waals surface area contributed by atoms with E-state index in [9.17, 15) is 31.7 Å². The molecule has 0 saturated heterocycles. The number of para-hydroxylation sites is 1. The molecule has 49 heavy (non-hydrogen) atoms. The molecule has 4 aromatic rings. The maximum Gasteiger partial charge on any atom is 0.424 e. The molecule has 0 bridgehead atoms. The fraction of sp³-hybridized carbons (Fsp3) is 0.353. The second-order valence-corrected chi connectivity index (χ2v) is 18.2. The van der Waals surface area contributed by atoms with Crippen LogP contribution in [0, 0.1) is 17.0 Å². The number of thioether (sulfide) groups is 1. The molecule has 15 heteroatoms. The summed E-state index contributed by atoms with van der Waals surface area (Å²) < 4.78 is 62.1. The number of rotatable bonds is 11. The van der Waals surface area contributed by atoms with Gasteiger partial charge in [-0.2, -0.15) is 4.31 Å². The second-order valence-electron chi connectivity index (χ2n) is 13.5. The van der Waals surface area contributed by atoms with Crippen molar-refractivity contribution in [2.75, 3.05) is 12.3 Å². The molecule has 12 nitrogen and oxygen atoms in total. The number of ether oxygens (including phenoxy) is 1. The molecule has 1 unspecified atom stereocenters. The number of carbonyl (C=O) groups is 1. The molecule has 1 aromatic heterocycles. The number of aryl methyl sites for hydroxylation is 1. The van der Waals surface area contributed by atoms with Gasteiger partial charge in [-0.15, -0.1) is 11.8 Å². The molecule has 0 aliphatic rings. The molecule has 3 aromatic carbocycles. The van der Waals surface area contributed by atoms with E-state index in [1.807, 2.05) is 31.2 Å². The van der Waals surface area contributed by atoms with Gasteiger partial charge in [0.15, 0.2) is 4.90 Å². The van der Waals surface area contributed by atoms with E-state index in [0.717, 1.165) is 38.5 Å². The fourth-order valence-corrected chi connectivity index (χ4v) is 8.35.